The Morgan fingerprint density at radius 3 is 2.95 bits per heavy atom. The van der Waals surface area contributed by atoms with Crippen molar-refractivity contribution in [3.8, 4) is 0 Å². The molecule has 1 aromatic rings. The number of amides is 1. The first-order valence-corrected chi connectivity index (χ1v) is 7.71. The molecule has 1 aromatic carbocycles. The third-order valence-electron chi connectivity index (χ3n) is 4.85. The van der Waals surface area contributed by atoms with Crippen molar-refractivity contribution in [2.45, 2.75) is 39.2 Å². The molecule has 1 N–H and O–H groups in total. The summed E-state index contributed by atoms with van der Waals surface area (Å²) in [6.07, 6.45) is 2.89. The van der Waals surface area contributed by atoms with Gasteiger partial charge in [-0.3, -0.25) is 4.79 Å². The van der Waals surface area contributed by atoms with E-state index in [1.165, 1.54) is 23.1 Å². The minimum Gasteiger partial charge on any atom is -0.342 e. The minimum atomic E-state index is 0. The summed E-state index contributed by atoms with van der Waals surface area (Å²) in [7, 11) is 0. The highest BCUT2D eigenvalue weighted by Gasteiger charge is 2.34. The number of hydrogen-bond acceptors (Lipinski definition) is 2. The predicted molar refractivity (Wildman–Crippen MR) is 88.0 cm³/mol. The van der Waals surface area contributed by atoms with E-state index >= 15 is 0 Å². The zero-order valence-corrected chi connectivity index (χ0v) is 13.7. The quantitative estimate of drug-likeness (QED) is 0.910. The van der Waals surface area contributed by atoms with Crippen molar-refractivity contribution in [2.24, 2.45) is 5.92 Å². The van der Waals surface area contributed by atoms with Crippen LogP contribution in [-0.4, -0.2) is 36.5 Å². The molecule has 116 valence electrons. The lowest BCUT2D eigenvalue weighted by Crippen LogP contribution is -2.47. The Labute approximate surface area is 133 Å². The van der Waals surface area contributed by atoms with E-state index in [2.05, 4.69) is 42.3 Å². The summed E-state index contributed by atoms with van der Waals surface area (Å²) < 4.78 is 0. The molecule has 4 heteroatoms. The summed E-state index contributed by atoms with van der Waals surface area (Å²) in [5.74, 6) is 0.968. The van der Waals surface area contributed by atoms with E-state index < -0.39 is 0 Å². The molecule has 1 amide bonds. The van der Waals surface area contributed by atoms with Crippen molar-refractivity contribution in [3.63, 3.8) is 0 Å². The van der Waals surface area contributed by atoms with Crippen LogP contribution in [0, 0.1) is 19.8 Å². The number of nitrogens with zero attached hydrogens (tertiary/aromatic N) is 1. The summed E-state index contributed by atoms with van der Waals surface area (Å²) in [5.41, 5.74) is 3.64. The Morgan fingerprint density at radius 2 is 2.14 bits per heavy atom. The topological polar surface area (TPSA) is 32.3 Å². The molecule has 21 heavy (non-hydrogen) atoms. The van der Waals surface area contributed by atoms with Crippen LogP contribution >= 0.6 is 12.4 Å². The van der Waals surface area contributed by atoms with Gasteiger partial charge in [0.15, 0.2) is 0 Å². The Morgan fingerprint density at radius 1 is 1.33 bits per heavy atom. The van der Waals surface area contributed by atoms with Gasteiger partial charge in [0.2, 0.25) is 5.91 Å². The second-order valence-corrected chi connectivity index (χ2v) is 6.34. The zero-order chi connectivity index (χ0) is 14.1. The zero-order valence-electron chi connectivity index (χ0n) is 12.9. The molecule has 2 saturated heterocycles. The lowest BCUT2D eigenvalue weighted by Gasteiger charge is -2.35. The summed E-state index contributed by atoms with van der Waals surface area (Å²) in [5, 5.41) is 3.55. The number of halogens is 1. The monoisotopic (exact) mass is 308 g/mol. The Balaban J connectivity index is 0.00000161. The second kappa shape index (κ2) is 6.80. The van der Waals surface area contributed by atoms with Crippen molar-refractivity contribution < 1.29 is 4.79 Å². The minimum absolute atomic E-state index is 0. The third-order valence-corrected chi connectivity index (χ3v) is 4.85. The fraction of sp³-hybridized carbons (Fsp3) is 0.588. The average Bonchev–Trinajstić information content (AvgIpc) is 2.90. The van der Waals surface area contributed by atoms with Crippen molar-refractivity contribution in [1.82, 2.24) is 10.2 Å². The smallest absolute Gasteiger partial charge is 0.227 e. The highest BCUT2D eigenvalue weighted by molar-refractivity contribution is 5.85. The molecule has 2 fully saturated rings. The first kappa shape index (κ1) is 16.3. The number of aryl methyl sites for hydroxylation is 2. The van der Waals surface area contributed by atoms with Gasteiger partial charge in [0.05, 0.1) is 6.42 Å². The third kappa shape index (κ3) is 3.58. The number of benzene rings is 1. The largest absolute Gasteiger partial charge is 0.342 e. The van der Waals surface area contributed by atoms with Crippen molar-refractivity contribution >= 4 is 18.3 Å². The maximum Gasteiger partial charge on any atom is 0.227 e. The molecule has 2 atom stereocenters. The van der Waals surface area contributed by atoms with Crippen LogP contribution in [-0.2, 0) is 11.2 Å². The Bertz CT molecular complexity index is 518. The lowest BCUT2D eigenvalue weighted by atomic mass is 9.92. The van der Waals surface area contributed by atoms with Gasteiger partial charge >= 0.3 is 0 Å². The second-order valence-electron chi connectivity index (χ2n) is 6.34. The van der Waals surface area contributed by atoms with Gasteiger partial charge in [-0.25, -0.2) is 0 Å². The molecular formula is C17H25ClN2O. The fourth-order valence-corrected chi connectivity index (χ4v) is 3.54. The number of nitrogens with one attached hydrogen (secondary N) is 1. The van der Waals surface area contributed by atoms with Crippen LogP contribution in [0.2, 0.25) is 0 Å². The van der Waals surface area contributed by atoms with E-state index in [-0.39, 0.29) is 12.4 Å². The van der Waals surface area contributed by atoms with Gasteiger partial charge in [-0.2, -0.15) is 0 Å². The summed E-state index contributed by atoms with van der Waals surface area (Å²) in [4.78, 5) is 14.6. The van der Waals surface area contributed by atoms with Gasteiger partial charge < -0.3 is 10.2 Å². The number of hydrogen-bond donors (Lipinski definition) is 1. The van der Waals surface area contributed by atoms with E-state index in [0.717, 1.165) is 26.1 Å². The molecule has 3 nitrogen and oxygen atoms in total. The molecule has 0 saturated carbocycles. The van der Waals surface area contributed by atoms with Crippen LogP contribution in [0.25, 0.3) is 0 Å². The molecule has 0 aliphatic carbocycles. The van der Waals surface area contributed by atoms with E-state index in [4.69, 9.17) is 0 Å². The van der Waals surface area contributed by atoms with Crippen molar-refractivity contribution in [3.05, 3.63) is 34.9 Å². The maximum absolute atomic E-state index is 12.5. The number of carbonyl (C=O) groups excluding carboxylic acids is 1. The van der Waals surface area contributed by atoms with Gasteiger partial charge in [-0.15, -0.1) is 12.4 Å². The van der Waals surface area contributed by atoms with Crippen LogP contribution < -0.4 is 5.32 Å². The number of piperidine rings is 1. The molecule has 0 bridgehead atoms. The van der Waals surface area contributed by atoms with Gasteiger partial charge in [0.25, 0.3) is 0 Å². The highest BCUT2D eigenvalue weighted by Crippen LogP contribution is 2.25. The van der Waals surface area contributed by atoms with E-state index in [1.807, 2.05) is 0 Å². The van der Waals surface area contributed by atoms with Gasteiger partial charge in [0.1, 0.15) is 0 Å². The van der Waals surface area contributed by atoms with Crippen molar-refractivity contribution in [2.75, 3.05) is 19.6 Å². The van der Waals surface area contributed by atoms with Crippen LogP contribution in [0.4, 0.5) is 0 Å². The number of likely N-dealkylation sites (tertiary alicyclic amines) is 1. The SMILES string of the molecule is Cc1ccc(C)c(CC(=O)N2CCC3NCCC3C2)c1.Cl. The molecule has 2 heterocycles. The van der Waals surface area contributed by atoms with Crippen molar-refractivity contribution in [1.29, 1.82) is 0 Å². The van der Waals surface area contributed by atoms with Gasteiger partial charge in [0, 0.05) is 19.1 Å². The summed E-state index contributed by atoms with van der Waals surface area (Å²) in [6, 6.07) is 7.03. The number of rotatable bonds is 2. The summed E-state index contributed by atoms with van der Waals surface area (Å²) in [6.45, 7) is 7.16. The van der Waals surface area contributed by atoms with E-state index in [9.17, 15) is 4.79 Å². The Kier molecular flexibility index (Phi) is 5.28. The molecule has 2 aliphatic rings. The molecule has 0 aromatic heterocycles. The molecular weight excluding hydrogens is 284 g/mol. The first-order valence-electron chi connectivity index (χ1n) is 7.71. The molecule has 3 rings (SSSR count). The van der Waals surface area contributed by atoms with Gasteiger partial charge in [-0.1, -0.05) is 23.8 Å². The van der Waals surface area contributed by atoms with Gasteiger partial charge in [-0.05, 0) is 50.3 Å². The van der Waals surface area contributed by atoms with Crippen LogP contribution in [0.15, 0.2) is 18.2 Å². The Hall–Kier alpha value is -1.06. The fourth-order valence-electron chi connectivity index (χ4n) is 3.54. The number of carbonyl (C=O) groups is 1. The maximum atomic E-state index is 12.5. The standard InChI is InChI=1S/C17H24N2O.ClH/c1-12-3-4-13(2)15(9-12)10-17(20)19-8-6-16-14(11-19)5-7-18-16;/h3-4,9,14,16,18H,5-8,10-11H2,1-2H3;1H. The van der Waals surface area contributed by atoms with Crippen LogP contribution in [0.1, 0.15) is 29.5 Å². The molecule has 0 spiro atoms. The summed E-state index contributed by atoms with van der Waals surface area (Å²) >= 11 is 0. The highest BCUT2D eigenvalue weighted by atomic mass is 35.5. The van der Waals surface area contributed by atoms with Crippen LogP contribution in [0.5, 0.6) is 0 Å². The number of fused-ring (bicyclic) bond motifs is 1. The molecule has 0 radical (unpaired) electrons. The van der Waals surface area contributed by atoms with E-state index in [0.29, 0.717) is 24.3 Å². The van der Waals surface area contributed by atoms with Crippen LogP contribution in [0.3, 0.4) is 0 Å². The van der Waals surface area contributed by atoms with E-state index in [1.54, 1.807) is 0 Å². The average molecular weight is 309 g/mol. The molecule has 2 aliphatic heterocycles. The lowest BCUT2D eigenvalue weighted by molar-refractivity contribution is -0.132. The predicted octanol–water partition coefficient (Wildman–Crippen LogP) is 2.48. The first-order chi connectivity index (χ1) is 9.63. The molecule has 2 unspecified atom stereocenters. The normalized spacial score (nSPS) is 24.4.